The number of amides is 1. The molecule has 0 unspecified atom stereocenters. The molecule has 0 aliphatic heterocycles. The highest BCUT2D eigenvalue weighted by molar-refractivity contribution is 9.08. The van der Waals surface area contributed by atoms with Crippen molar-refractivity contribution in [3.63, 3.8) is 0 Å². The van der Waals surface area contributed by atoms with Gasteiger partial charge in [-0.25, -0.2) is 0 Å². The molecule has 2 N–H and O–H groups in total. The van der Waals surface area contributed by atoms with Crippen LogP contribution in [-0.2, 0) is 5.33 Å². The molecule has 0 bridgehead atoms. The van der Waals surface area contributed by atoms with Crippen LogP contribution in [0.2, 0.25) is 0 Å². The molecule has 1 aromatic carbocycles. The first-order valence-electron chi connectivity index (χ1n) is 7.17. The molecule has 1 aliphatic carbocycles. The van der Waals surface area contributed by atoms with Crippen LogP contribution in [-0.4, -0.2) is 23.2 Å². The van der Waals surface area contributed by atoms with Crippen LogP contribution in [0.15, 0.2) is 24.3 Å². The van der Waals surface area contributed by atoms with Gasteiger partial charge in [-0.15, -0.1) is 0 Å². The largest absolute Gasteiger partial charge is 0.394 e. The predicted octanol–water partition coefficient (Wildman–Crippen LogP) is 3.25. The lowest BCUT2D eigenvalue weighted by molar-refractivity contribution is 0.0717. The first kappa shape index (κ1) is 15.5. The number of hydrogen-bond donors (Lipinski definition) is 2. The second-order valence-corrected chi connectivity index (χ2v) is 6.47. The fraction of sp³-hybridized carbons (Fsp3) is 0.562. The highest BCUT2D eigenvalue weighted by atomic mass is 79.9. The zero-order valence-electron chi connectivity index (χ0n) is 11.9. The quantitative estimate of drug-likeness (QED) is 0.827. The van der Waals surface area contributed by atoms with Crippen molar-refractivity contribution in [2.45, 2.75) is 43.5 Å². The highest BCUT2D eigenvalue weighted by Gasteiger charge is 2.35. The monoisotopic (exact) mass is 339 g/mol. The van der Waals surface area contributed by atoms with Crippen molar-refractivity contribution in [2.24, 2.45) is 5.92 Å². The SMILES string of the molecule is CC1CCC(CO)(NC(=O)c2ccc(CBr)cc2)CC1. The van der Waals surface area contributed by atoms with Gasteiger partial charge < -0.3 is 10.4 Å². The van der Waals surface area contributed by atoms with Gasteiger partial charge >= 0.3 is 0 Å². The second kappa shape index (κ2) is 6.72. The Morgan fingerprint density at radius 3 is 2.45 bits per heavy atom. The molecule has 1 aromatic rings. The minimum Gasteiger partial charge on any atom is -0.394 e. The summed E-state index contributed by atoms with van der Waals surface area (Å²) < 4.78 is 0. The van der Waals surface area contributed by atoms with Gasteiger partial charge in [-0.1, -0.05) is 35.0 Å². The number of carbonyl (C=O) groups excluding carboxylic acids is 1. The lowest BCUT2D eigenvalue weighted by Gasteiger charge is -2.38. The van der Waals surface area contributed by atoms with Crippen LogP contribution in [0.1, 0.15) is 48.5 Å². The Hall–Kier alpha value is -0.870. The van der Waals surface area contributed by atoms with E-state index in [-0.39, 0.29) is 12.5 Å². The van der Waals surface area contributed by atoms with Crippen LogP contribution >= 0.6 is 15.9 Å². The van der Waals surface area contributed by atoms with E-state index in [1.807, 2.05) is 24.3 Å². The van der Waals surface area contributed by atoms with Crippen molar-refractivity contribution in [1.82, 2.24) is 5.32 Å². The maximum Gasteiger partial charge on any atom is 0.251 e. The molecule has 4 heteroatoms. The third-order valence-corrected chi connectivity index (χ3v) is 4.93. The summed E-state index contributed by atoms with van der Waals surface area (Å²) in [6.07, 6.45) is 3.83. The van der Waals surface area contributed by atoms with E-state index in [1.54, 1.807) is 0 Å². The molecule has 2 rings (SSSR count). The van der Waals surface area contributed by atoms with Crippen LogP contribution in [0.4, 0.5) is 0 Å². The standard InChI is InChI=1S/C16H22BrNO2/c1-12-6-8-16(11-19,9-7-12)18-15(20)14-4-2-13(10-17)3-5-14/h2-5,12,19H,6-11H2,1H3,(H,18,20). The Morgan fingerprint density at radius 2 is 1.95 bits per heavy atom. The van der Waals surface area contributed by atoms with Gasteiger partial charge in [-0.2, -0.15) is 0 Å². The Bertz CT molecular complexity index is 450. The molecular weight excluding hydrogens is 318 g/mol. The molecule has 3 nitrogen and oxygen atoms in total. The van der Waals surface area contributed by atoms with Crippen LogP contribution in [0.25, 0.3) is 0 Å². The summed E-state index contributed by atoms with van der Waals surface area (Å²) in [4.78, 5) is 12.3. The Morgan fingerprint density at radius 1 is 1.35 bits per heavy atom. The number of benzene rings is 1. The van der Waals surface area contributed by atoms with E-state index < -0.39 is 5.54 Å². The zero-order chi connectivity index (χ0) is 14.6. The third-order valence-electron chi connectivity index (χ3n) is 4.28. The molecule has 1 amide bonds. The van der Waals surface area contributed by atoms with Crippen molar-refractivity contribution >= 4 is 21.8 Å². The molecule has 1 fully saturated rings. The molecule has 0 heterocycles. The summed E-state index contributed by atoms with van der Waals surface area (Å²) in [6, 6.07) is 7.56. The van der Waals surface area contributed by atoms with Crippen molar-refractivity contribution in [3.05, 3.63) is 35.4 Å². The van der Waals surface area contributed by atoms with Crippen molar-refractivity contribution in [2.75, 3.05) is 6.61 Å². The number of aliphatic hydroxyl groups excluding tert-OH is 1. The summed E-state index contributed by atoms with van der Waals surface area (Å²) in [5.74, 6) is 0.597. The van der Waals surface area contributed by atoms with E-state index in [0.29, 0.717) is 11.5 Å². The van der Waals surface area contributed by atoms with Gasteiger partial charge in [0.15, 0.2) is 0 Å². The molecule has 0 atom stereocenters. The Kier molecular flexibility index (Phi) is 5.22. The van der Waals surface area contributed by atoms with E-state index in [9.17, 15) is 9.90 Å². The lowest BCUT2D eigenvalue weighted by Crippen LogP contribution is -2.53. The lowest BCUT2D eigenvalue weighted by atomic mass is 9.77. The Balaban J connectivity index is 2.04. The van der Waals surface area contributed by atoms with Gasteiger partial charge in [0.2, 0.25) is 0 Å². The molecule has 1 saturated carbocycles. The molecule has 0 spiro atoms. The van der Waals surface area contributed by atoms with Gasteiger partial charge in [0.25, 0.3) is 5.91 Å². The number of halogens is 1. The number of nitrogens with one attached hydrogen (secondary N) is 1. The van der Waals surface area contributed by atoms with Crippen molar-refractivity contribution < 1.29 is 9.90 Å². The van der Waals surface area contributed by atoms with Crippen molar-refractivity contribution in [1.29, 1.82) is 0 Å². The van der Waals surface area contributed by atoms with Crippen molar-refractivity contribution in [3.8, 4) is 0 Å². The van der Waals surface area contributed by atoms with Crippen LogP contribution in [0.5, 0.6) is 0 Å². The normalized spacial score (nSPS) is 26.2. The fourth-order valence-electron chi connectivity index (χ4n) is 2.70. The van der Waals surface area contributed by atoms with Gasteiger partial charge in [-0.05, 0) is 49.3 Å². The van der Waals surface area contributed by atoms with Crippen LogP contribution in [0.3, 0.4) is 0 Å². The number of rotatable bonds is 4. The first-order chi connectivity index (χ1) is 9.58. The summed E-state index contributed by atoms with van der Waals surface area (Å²) in [7, 11) is 0. The maximum atomic E-state index is 12.3. The van der Waals surface area contributed by atoms with E-state index in [2.05, 4.69) is 28.2 Å². The van der Waals surface area contributed by atoms with E-state index in [0.717, 1.165) is 36.6 Å². The summed E-state index contributed by atoms with van der Waals surface area (Å²) in [6.45, 7) is 2.24. The fourth-order valence-corrected chi connectivity index (χ4v) is 3.07. The minimum absolute atomic E-state index is 0.0188. The second-order valence-electron chi connectivity index (χ2n) is 5.91. The summed E-state index contributed by atoms with van der Waals surface area (Å²) in [5, 5.41) is 13.5. The molecule has 0 aromatic heterocycles. The molecule has 1 aliphatic rings. The number of aliphatic hydroxyl groups is 1. The molecule has 0 radical (unpaired) electrons. The average molecular weight is 340 g/mol. The van der Waals surface area contributed by atoms with Crippen LogP contribution < -0.4 is 5.32 Å². The van der Waals surface area contributed by atoms with Gasteiger partial charge in [0.05, 0.1) is 12.1 Å². The van der Waals surface area contributed by atoms with Gasteiger partial charge in [0, 0.05) is 10.9 Å². The van der Waals surface area contributed by atoms with Gasteiger partial charge in [-0.3, -0.25) is 4.79 Å². The maximum absolute atomic E-state index is 12.3. The first-order valence-corrected chi connectivity index (χ1v) is 8.29. The highest BCUT2D eigenvalue weighted by Crippen LogP contribution is 2.31. The minimum atomic E-state index is -0.433. The summed E-state index contributed by atoms with van der Waals surface area (Å²) >= 11 is 3.39. The zero-order valence-corrected chi connectivity index (χ0v) is 13.4. The molecular formula is C16H22BrNO2. The topological polar surface area (TPSA) is 49.3 Å². The smallest absolute Gasteiger partial charge is 0.251 e. The molecule has 0 saturated heterocycles. The third kappa shape index (κ3) is 3.61. The summed E-state index contributed by atoms with van der Waals surface area (Å²) in [5.41, 5.74) is 1.36. The number of alkyl halides is 1. The molecule has 110 valence electrons. The van der Waals surface area contributed by atoms with Gasteiger partial charge in [0.1, 0.15) is 0 Å². The predicted molar refractivity (Wildman–Crippen MR) is 84.0 cm³/mol. The molecule has 20 heavy (non-hydrogen) atoms. The number of carbonyl (C=O) groups is 1. The van der Waals surface area contributed by atoms with Crippen LogP contribution in [0, 0.1) is 5.92 Å². The Labute approximate surface area is 128 Å². The van der Waals surface area contributed by atoms with E-state index >= 15 is 0 Å². The van der Waals surface area contributed by atoms with E-state index in [4.69, 9.17) is 0 Å². The van der Waals surface area contributed by atoms with E-state index in [1.165, 1.54) is 0 Å². The average Bonchev–Trinajstić information content (AvgIpc) is 2.50. The number of hydrogen-bond acceptors (Lipinski definition) is 2.